The average molecular weight is 428 g/mol. The summed E-state index contributed by atoms with van der Waals surface area (Å²) in [6, 6.07) is 19.9. The molecule has 4 aromatic rings. The Hall–Kier alpha value is -2.30. The highest BCUT2D eigenvalue weighted by atomic mass is 79.9. The van der Waals surface area contributed by atoms with Crippen molar-refractivity contribution >= 4 is 55.0 Å². The Morgan fingerprint density at radius 1 is 1.00 bits per heavy atom. The van der Waals surface area contributed by atoms with Crippen LogP contribution in [0.4, 0.5) is 5.69 Å². The molecule has 0 bridgehead atoms. The van der Waals surface area contributed by atoms with E-state index in [4.69, 9.17) is 21.3 Å². The van der Waals surface area contributed by atoms with E-state index in [1.807, 2.05) is 54.6 Å². The van der Waals surface area contributed by atoms with Gasteiger partial charge in [0.15, 0.2) is 0 Å². The number of rotatable bonds is 4. The lowest BCUT2D eigenvalue weighted by atomic mass is 10.1. The fourth-order valence-corrected chi connectivity index (χ4v) is 3.63. The lowest BCUT2D eigenvalue weighted by Gasteiger charge is -2.15. The van der Waals surface area contributed by atoms with E-state index in [1.54, 1.807) is 7.11 Å². The van der Waals surface area contributed by atoms with Crippen LogP contribution in [0, 0.1) is 0 Å². The van der Waals surface area contributed by atoms with Crippen LogP contribution in [-0.4, -0.2) is 12.1 Å². The normalized spacial score (nSPS) is 11.0. The van der Waals surface area contributed by atoms with Crippen LogP contribution >= 0.6 is 27.5 Å². The quantitative estimate of drug-likeness (QED) is 0.381. The molecule has 0 radical (unpaired) electrons. The molecule has 1 N–H and O–H groups in total. The second kappa shape index (κ2) is 7.14. The Bertz CT molecular complexity index is 1110. The topological polar surface area (TPSA) is 34.1 Å². The van der Waals surface area contributed by atoms with E-state index in [0.29, 0.717) is 11.6 Å². The summed E-state index contributed by atoms with van der Waals surface area (Å²) < 4.78 is 6.49. The van der Waals surface area contributed by atoms with Gasteiger partial charge < -0.3 is 10.1 Å². The van der Waals surface area contributed by atoms with Gasteiger partial charge in [-0.25, -0.2) is 4.98 Å². The molecule has 0 fully saturated rings. The van der Waals surface area contributed by atoms with Crippen LogP contribution in [0.15, 0.2) is 65.1 Å². The van der Waals surface area contributed by atoms with E-state index in [0.717, 1.165) is 37.7 Å². The van der Waals surface area contributed by atoms with Gasteiger partial charge in [-0.1, -0.05) is 45.7 Å². The summed E-state index contributed by atoms with van der Waals surface area (Å²) in [5.74, 6) is 0.802. The molecule has 3 aromatic carbocycles. The van der Waals surface area contributed by atoms with Crippen LogP contribution in [0.1, 0.15) is 5.56 Å². The van der Waals surface area contributed by atoms with Gasteiger partial charge >= 0.3 is 0 Å². The third-order valence-electron chi connectivity index (χ3n) is 4.36. The minimum atomic E-state index is 0.676. The highest BCUT2D eigenvalue weighted by molar-refractivity contribution is 9.10. The van der Waals surface area contributed by atoms with Gasteiger partial charge in [0.05, 0.1) is 23.8 Å². The van der Waals surface area contributed by atoms with E-state index in [2.05, 4.69) is 27.3 Å². The van der Waals surface area contributed by atoms with Gasteiger partial charge in [-0.3, -0.25) is 0 Å². The third kappa shape index (κ3) is 3.22. The zero-order chi connectivity index (χ0) is 18.1. The van der Waals surface area contributed by atoms with E-state index in [9.17, 15) is 0 Å². The Balaban J connectivity index is 1.89. The molecule has 1 heterocycles. The molecule has 0 atom stereocenters. The molecular weight excluding hydrogens is 412 g/mol. The van der Waals surface area contributed by atoms with Crippen molar-refractivity contribution in [1.82, 2.24) is 4.98 Å². The van der Waals surface area contributed by atoms with E-state index in [-0.39, 0.29) is 0 Å². The Morgan fingerprint density at radius 2 is 1.85 bits per heavy atom. The fourth-order valence-electron chi connectivity index (χ4n) is 3.04. The van der Waals surface area contributed by atoms with Crippen molar-refractivity contribution in [3.05, 3.63) is 75.7 Å². The highest BCUT2D eigenvalue weighted by Crippen LogP contribution is 2.34. The summed E-state index contributed by atoms with van der Waals surface area (Å²) in [6.07, 6.45) is 0. The molecule has 0 aliphatic carbocycles. The summed E-state index contributed by atoms with van der Waals surface area (Å²) in [5.41, 5.74) is 3.97. The largest absolute Gasteiger partial charge is 0.497 e. The molecule has 0 spiro atoms. The summed E-state index contributed by atoms with van der Waals surface area (Å²) in [4.78, 5) is 4.76. The number of nitrogens with zero attached hydrogens (tertiary/aromatic N) is 1. The Morgan fingerprint density at radius 3 is 2.65 bits per heavy atom. The van der Waals surface area contributed by atoms with E-state index >= 15 is 0 Å². The molecule has 0 saturated heterocycles. The zero-order valence-corrected chi connectivity index (χ0v) is 16.4. The SMILES string of the molecule is COc1ccc2nc3cc(Cl)ccc3c(NCc3ccccc3Br)c2c1. The van der Waals surface area contributed by atoms with Gasteiger partial charge in [-0.05, 0) is 48.0 Å². The van der Waals surface area contributed by atoms with Gasteiger partial charge in [-0.15, -0.1) is 0 Å². The number of methoxy groups -OCH3 is 1. The molecule has 130 valence electrons. The second-order valence-electron chi connectivity index (χ2n) is 5.98. The minimum Gasteiger partial charge on any atom is -0.497 e. The van der Waals surface area contributed by atoms with Crippen LogP contribution in [0.2, 0.25) is 5.02 Å². The highest BCUT2D eigenvalue weighted by Gasteiger charge is 2.11. The number of hydrogen-bond acceptors (Lipinski definition) is 3. The molecule has 0 saturated carbocycles. The number of ether oxygens (including phenoxy) is 1. The summed E-state index contributed by atoms with van der Waals surface area (Å²) in [6.45, 7) is 0.690. The van der Waals surface area contributed by atoms with E-state index in [1.165, 1.54) is 5.56 Å². The molecule has 3 nitrogen and oxygen atoms in total. The number of halogens is 2. The zero-order valence-electron chi connectivity index (χ0n) is 14.1. The number of nitrogens with one attached hydrogen (secondary N) is 1. The Labute approximate surface area is 165 Å². The van der Waals surface area contributed by atoms with Crippen molar-refractivity contribution in [1.29, 1.82) is 0 Å². The minimum absolute atomic E-state index is 0.676. The van der Waals surface area contributed by atoms with Crippen molar-refractivity contribution < 1.29 is 4.74 Å². The summed E-state index contributed by atoms with van der Waals surface area (Å²) >= 11 is 9.79. The first-order valence-corrected chi connectivity index (χ1v) is 9.37. The van der Waals surface area contributed by atoms with Gasteiger partial charge in [0.2, 0.25) is 0 Å². The molecule has 0 aliphatic rings. The maximum Gasteiger partial charge on any atom is 0.119 e. The predicted octanol–water partition coefficient (Wildman–Crippen LogP) is 6.42. The number of fused-ring (bicyclic) bond motifs is 2. The van der Waals surface area contributed by atoms with Crippen LogP contribution in [0.25, 0.3) is 21.8 Å². The predicted molar refractivity (Wildman–Crippen MR) is 112 cm³/mol. The molecule has 4 rings (SSSR count). The van der Waals surface area contributed by atoms with E-state index < -0.39 is 0 Å². The van der Waals surface area contributed by atoms with Crippen LogP contribution in [0.5, 0.6) is 5.75 Å². The van der Waals surface area contributed by atoms with Gasteiger partial charge in [0.1, 0.15) is 5.75 Å². The first kappa shape index (κ1) is 17.1. The van der Waals surface area contributed by atoms with Crippen molar-refractivity contribution in [2.45, 2.75) is 6.54 Å². The molecule has 1 aromatic heterocycles. The van der Waals surface area contributed by atoms with Crippen molar-refractivity contribution in [2.24, 2.45) is 0 Å². The van der Waals surface area contributed by atoms with Gasteiger partial charge in [0.25, 0.3) is 0 Å². The number of hydrogen-bond donors (Lipinski definition) is 1. The standard InChI is InChI=1S/C21H16BrClN2O/c1-26-15-7-9-19-17(11-15)21(16-8-6-14(23)10-20(16)25-19)24-12-13-4-2-3-5-18(13)22/h2-11H,12H2,1H3,(H,24,25). The fraction of sp³-hybridized carbons (Fsp3) is 0.0952. The number of benzene rings is 3. The van der Waals surface area contributed by atoms with Crippen LogP contribution < -0.4 is 10.1 Å². The average Bonchev–Trinajstić information content (AvgIpc) is 2.65. The summed E-state index contributed by atoms with van der Waals surface area (Å²) in [7, 11) is 1.67. The third-order valence-corrected chi connectivity index (χ3v) is 5.37. The lowest BCUT2D eigenvalue weighted by molar-refractivity contribution is 0.415. The van der Waals surface area contributed by atoms with Crippen molar-refractivity contribution in [3.8, 4) is 5.75 Å². The van der Waals surface area contributed by atoms with Crippen LogP contribution in [0.3, 0.4) is 0 Å². The monoisotopic (exact) mass is 426 g/mol. The molecule has 5 heteroatoms. The smallest absolute Gasteiger partial charge is 0.119 e. The second-order valence-corrected chi connectivity index (χ2v) is 7.27. The summed E-state index contributed by atoms with van der Waals surface area (Å²) in [5, 5.41) is 6.31. The first-order valence-electron chi connectivity index (χ1n) is 8.20. The van der Waals surface area contributed by atoms with Gasteiger partial charge in [0, 0.05) is 26.8 Å². The maximum absolute atomic E-state index is 6.18. The number of aromatic nitrogens is 1. The maximum atomic E-state index is 6.18. The van der Waals surface area contributed by atoms with Crippen molar-refractivity contribution in [3.63, 3.8) is 0 Å². The van der Waals surface area contributed by atoms with Gasteiger partial charge in [-0.2, -0.15) is 0 Å². The number of anilines is 1. The number of pyridine rings is 1. The molecule has 0 aliphatic heterocycles. The first-order chi connectivity index (χ1) is 12.7. The molecule has 0 unspecified atom stereocenters. The molecular formula is C21H16BrClN2O. The van der Waals surface area contributed by atoms with Crippen molar-refractivity contribution in [2.75, 3.05) is 12.4 Å². The Kier molecular flexibility index (Phi) is 4.70. The lowest BCUT2D eigenvalue weighted by Crippen LogP contribution is -2.02. The molecule has 0 amide bonds. The molecule has 26 heavy (non-hydrogen) atoms. The van der Waals surface area contributed by atoms with Crippen LogP contribution in [-0.2, 0) is 6.54 Å².